The van der Waals surface area contributed by atoms with Gasteiger partial charge in [-0.3, -0.25) is 9.89 Å². The molecule has 3 heterocycles. The van der Waals surface area contributed by atoms with Gasteiger partial charge in [0.05, 0.1) is 30.2 Å². The number of aromatic amines is 1. The maximum Gasteiger partial charge on any atom is 0.273 e. The van der Waals surface area contributed by atoms with Crippen LogP contribution >= 0.6 is 0 Å². The van der Waals surface area contributed by atoms with E-state index in [1.54, 1.807) is 0 Å². The van der Waals surface area contributed by atoms with Crippen LogP contribution in [0.1, 0.15) is 49.5 Å². The molecule has 1 amide bonds. The maximum atomic E-state index is 14.9. The number of aliphatic hydroxyl groups is 2. The molecule has 1 aliphatic heterocycles. The van der Waals surface area contributed by atoms with E-state index in [1.807, 2.05) is 0 Å². The number of amides is 1. The Bertz CT molecular complexity index is 1200. The minimum absolute atomic E-state index is 0.00709. The lowest BCUT2D eigenvalue weighted by Crippen LogP contribution is -2.47. The zero-order valence-corrected chi connectivity index (χ0v) is 19.1. The Morgan fingerprint density at radius 3 is 2.80 bits per heavy atom. The van der Waals surface area contributed by atoms with Crippen molar-refractivity contribution in [2.75, 3.05) is 11.9 Å². The summed E-state index contributed by atoms with van der Waals surface area (Å²) in [6.07, 6.45) is 1.31. The van der Waals surface area contributed by atoms with Crippen LogP contribution in [0.5, 0.6) is 0 Å². The Morgan fingerprint density at radius 2 is 2.03 bits per heavy atom. The molecule has 0 unspecified atom stereocenters. The molecule has 2 aromatic heterocycles. The molecule has 1 saturated carbocycles. The molecule has 9 nitrogen and oxygen atoms in total. The van der Waals surface area contributed by atoms with Gasteiger partial charge in [0.15, 0.2) is 5.65 Å². The number of hydrogen-bond acceptors (Lipinski definition) is 7. The van der Waals surface area contributed by atoms with E-state index in [4.69, 9.17) is 0 Å². The molecule has 2 aromatic rings. The highest BCUT2D eigenvalue weighted by Gasteiger charge is 2.50. The van der Waals surface area contributed by atoms with Crippen molar-refractivity contribution in [3.05, 3.63) is 35.8 Å². The lowest BCUT2D eigenvalue weighted by molar-refractivity contribution is 0.0322. The number of carbonyl (C=O) groups is 1. The van der Waals surface area contributed by atoms with Gasteiger partial charge in [-0.2, -0.15) is 5.10 Å². The number of aliphatic hydroxyl groups excluding tert-OH is 2. The molecule has 188 valence electrons. The summed E-state index contributed by atoms with van der Waals surface area (Å²) in [7, 11) is 0. The lowest BCUT2D eigenvalue weighted by Gasteiger charge is -2.40. The van der Waals surface area contributed by atoms with Crippen LogP contribution in [0.15, 0.2) is 30.1 Å². The summed E-state index contributed by atoms with van der Waals surface area (Å²) in [6, 6.07) is -1.33. The third-order valence-corrected chi connectivity index (χ3v) is 7.41. The SMILES string of the molecule is C[C@@]1([C@H]2C[C@H](F)CN2C(=O)c2[nH]nc3ncnc(N[C@@H]4CC[C@@H](O)C[C@H]4O)c23)CC(F)=CC=C1F. The molecule has 2 fully saturated rings. The van der Waals surface area contributed by atoms with Crippen molar-refractivity contribution >= 4 is 22.8 Å². The predicted molar refractivity (Wildman–Crippen MR) is 120 cm³/mol. The van der Waals surface area contributed by atoms with Crippen LogP contribution in [-0.2, 0) is 0 Å². The summed E-state index contributed by atoms with van der Waals surface area (Å²) in [5.41, 5.74) is -1.23. The highest BCUT2D eigenvalue weighted by atomic mass is 19.1. The van der Waals surface area contributed by atoms with Crippen LogP contribution in [0.3, 0.4) is 0 Å². The summed E-state index contributed by atoms with van der Waals surface area (Å²) < 4.78 is 43.6. The number of carbonyl (C=O) groups excluding carboxylic acids is 1. The Morgan fingerprint density at radius 1 is 1.23 bits per heavy atom. The molecular weight excluding hydrogens is 465 g/mol. The quantitative estimate of drug-likeness (QED) is 0.517. The Balaban J connectivity index is 1.48. The van der Waals surface area contributed by atoms with Gasteiger partial charge in [-0.25, -0.2) is 23.1 Å². The molecule has 12 heteroatoms. The van der Waals surface area contributed by atoms with Crippen molar-refractivity contribution in [3.8, 4) is 0 Å². The van der Waals surface area contributed by atoms with Crippen molar-refractivity contribution in [2.45, 2.75) is 69.5 Å². The number of nitrogens with zero attached hydrogens (tertiary/aromatic N) is 4. The number of hydrogen-bond donors (Lipinski definition) is 4. The van der Waals surface area contributed by atoms with E-state index >= 15 is 0 Å². The fraction of sp³-hybridized carbons (Fsp3) is 0.565. The number of alkyl halides is 1. The van der Waals surface area contributed by atoms with Crippen LogP contribution in [-0.4, -0.2) is 78.2 Å². The second-order valence-electron chi connectivity index (χ2n) is 9.83. The third kappa shape index (κ3) is 4.18. The fourth-order valence-corrected chi connectivity index (χ4v) is 5.47. The highest BCUT2D eigenvalue weighted by Crippen LogP contribution is 2.47. The number of allylic oxidation sites excluding steroid dienone is 3. The summed E-state index contributed by atoms with van der Waals surface area (Å²) in [6.45, 7) is 1.22. The van der Waals surface area contributed by atoms with Crippen molar-refractivity contribution in [2.24, 2.45) is 5.41 Å². The van der Waals surface area contributed by atoms with Crippen molar-refractivity contribution in [1.29, 1.82) is 0 Å². The van der Waals surface area contributed by atoms with Gasteiger partial charge in [-0.1, -0.05) is 6.92 Å². The van der Waals surface area contributed by atoms with Gasteiger partial charge >= 0.3 is 0 Å². The van der Waals surface area contributed by atoms with Crippen LogP contribution in [0, 0.1) is 5.41 Å². The summed E-state index contributed by atoms with van der Waals surface area (Å²) >= 11 is 0. The second-order valence-corrected chi connectivity index (χ2v) is 9.83. The van der Waals surface area contributed by atoms with Crippen molar-refractivity contribution < 1.29 is 28.2 Å². The first-order chi connectivity index (χ1) is 16.7. The van der Waals surface area contributed by atoms with Crippen molar-refractivity contribution in [1.82, 2.24) is 25.1 Å². The van der Waals surface area contributed by atoms with E-state index in [2.05, 4.69) is 25.5 Å². The standard InChI is InChI=1S/C23H27F3N6O3/c1-23(8-11(24)2-5-16(23)26)17-6-12(25)9-32(17)22(35)19-18-20(27-10-28-21(18)31-30-19)29-14-4-3-13(33)7-15(14)34/h2,5,10,12-15,17,33-34H,3-4,6-9H2,1H3,(H2,27,28,29,30,31)/t12-,13+,14+,15+,17+,23+/m0/s1. The Hall–Kier alpha value is -2.99. The number of nitrogens with one attached hydrogen (secondary N) is 2. The zero-order valence-electron chi connectivity index (χ0n) is 19.1. The molecule has 35 heavy (non-hydrogen) atoms. The molecule has 0 bridgehead atoms. The first-order valence-electron chi connectivity index (χ1n) is 11.7. The molecule has 0 radical (unpaired) electrons. The van der Waals surface area contributed by atoms with E-state index in [0.717, 1.165) is 12.2 Å². The van der Waals surface area contributed by atoms with E-state index in [9.17, 15) is 28.2 Å². The van der Waals surface area contributed by atoms with Crippen molar-refractivity contribution in [3.63, 3.8) is 0 Å². The largest absolute Gasteiger partial charge is 0.393 e. The number of aromatic nitrogens is 4. The minimum Gasteiger partial charge on any atom is -0.393 e. The molecular formula is C23H27F3N6O3. The van der Waals surface area contributed by atoms with Crippen LogP contribution < -0.4 is 5.32 Å². The molecule has 0 spiro atoms. The van der Waals surface area contributed by atoms with E-state index in [0.29, 0.717) is 12.8 Å². The molecule has 0 aromatic carbocycles. The van der Waals surface area contributed by atoms with E-state index < -0.39 is 53.4 Å². The van der Waals surface area contributed by atoms with Crippen LogP contribution in [0.25, 0.3) is 11.0 Å². The van der Waals surface area contributed by atoms with Gasteiger partial charge in [0.1, 0.15) is 35.7 Å². The first-order valence-corrected chi connectivity index (χ1v) is 11.7. The van der Waals surface area contributed by atoms with Gasteiger partial charge < -0.3 is 20.4 Å². The summed E-state index contributed by atoms with van der Waals surface area (Å²) in [5.74, 6) is -1.51. The van der Waals surface area contributed by atoms with Gasteiger partial charge in [-0.15, -0.1) is 0 Å². The Labute approximate surface area is 199 Å². The average molecular weight is 493 g/mol. The molecule has 3 aliphatic rings. The second kappa shape index (κ2) is 8.90. The van der Waals surface area contributed by atoms with Gasteiger partial charge in [-0.05, 0) is 25.0 Å². The van der Waals surface area contributed by atoms with E-state index in [1.165, 1.54) is 18.2 Å². The molecule has 2 aliphatic carbocycles. The number of anilines is 1. The monoisotopic (exact) mass is 492 g/mol. The third-order valence-electron chi connectivity index (χ3n) is 7.41. The minimum atomic E-state index is -1.41. The van der Waals surface area contributed by atoms with Gasteiger partial charge in [0, 0.05) is 30.7 Å². The van der Waals surface area contributed by atoms with E-state index in [-0.39, 0.29) is 48.4 Å². The average Bonchev–Trinajstić information content (AvgIpc) is 3.43. The number of halogens is 3. The maximum absolute atomic E-state index is 14.9. The van der Waals surface area contributed by atoms with Crippen LogP contribution in [0.4, 0.5) is 19.0 Å². The first kappa shape index (κ1) is 23.7. The fourth-order valence-electron chi connectivity index (χ4n) is 5.47. The van der Waals surface area contributed by atoms with Gasteiger partial charge in [0.25, 0.3) is 5.91 Å². The predicted octanol–water partition coefficient (Wildman–Crippen LogP) is 2.71. The summed E-state index contributed by atoms with van der Waals surface area (Å²) in [4.78, 5) is 23.2. The van der Waals surface area contributed by atoms with Crippen LogP contribution in [0.2, 0.25) is 0 Å². The van der Waals surface area contributed by atoms with Gasteiger partial charge in [0.2, 0.25) is 0 Å². The lowest BCUT2D eigenvalue weighted by atomic mass is 9.74. The molecule has 4 N–H and O–H groups in total. The number of likely N-dealkylation sites (tertiary alicyclic amines) is 1. The number of H-pyrrole nitrogens is 1. The smallest absolute Gasteiger partial charge is 0.273 e. The Kier molecular flexibility index (Phi) is 6.04. The topological polar surface area (TPSA) is 127 Å². The highest BCUT2D eigenvalue weighted by molar-refractivity contribution is 6.07. The number of rotatable bonds is 4. The normalized spacial score (nSPS) is 33.5. The molecule has 5 rings (SSSR count). The molecule has 6 atom stereocenters. The summed E-state index contributed by atoms with van der Waals surface area (Å²) in [5, 5.41) is 30.3. The zero-order chi connectivity index (χ0) is 24.9. The molecule has 1 saturated heterocycles. The number of fused-ring (bicyclic) bond motifs is 1.